The molecule has 13 nitrogen and oxygen atoms in total. The quantitative estimate of drug-likeness (QED) is 0.415. The summed E-state index contributed by atoms with van der Waals surface area (Å²) in [5.41, 5.74) is 12.6. The van der Waals surface area contributed by atoms with Crippen LogP contribution in [0.1, 0.15) is 36.2 Å². The van der Waals surface area contributed by atoms with Gasteiger partial charge >= 0.3 is 0 Å². The van der Waals surface area contributed by atoms with Gasteiger partial charge in [-0.1, -0.05) is 0 Å². The van der Waals surface area contributed by atoms with Gasteiger partial charge in [-0.25, -0.2) is 23.4 Å². The fourth-order valence-corrected chi connectivity index (χ4v) is 4.65. The molecule has 1 amide bonds. The molecule has 2 aliphatic rings. The highest BCUT2D eigenvalue weighted by Crippen LogP contribution is 2.43. The monoisotopic (exact) mass is 516 g/mol. The van der Waals surface area contributed by atoms with Gasteiger partial charge in [0.1, 0.15) is 16.4 Å². The molecule has 0 saturated carbocycles. The lowest BCUT2D eigenvalue weighted by molar-refractivity contribution is 0.0973. The van der Waals surface area contributed by atoms with E-state index in [0.29, 0.717) is 36.1 Å². The zero-order chi connectivity index (χ0) is 26.1. The van der Waals surface area contributed by atoms with Crippen LogP contribution >= 0.6 is 0 Å². The Kier molecular flexibility index (Phi) is 6.82. The third-order valence-electron chi connectivity index (χ3n) is 5.63. The van der Waals surface area contributed by atoms with Gasteiger partial charge < -0.3 is 20.9 Å². The zero-order valence-electron chi connectivity index (χ0n) is 20.2. The number of nitrogens with one attached hydrogen (secondary N) is 1. The number of nitrogens with zero attached hydrogens (tertiary/aromatic N) is 5. The molecule has 0 bridgehead atoms. The maximum atomic E-state index is 12.8. The molecule has 2 aromatic rings. The summed E-state index contributed by atoms with van der Waals surface area (Å²) >= 11 is 0. The van der Waals surface area contributed by atoms with Crippen LogP contribution in [0.4, 0.5) is 11.6 Å². The van der Waals surface area contributed by atoms with Gasteiger partial charge in [-0.05, 0) is 32.4 Å². The highest BCUT2D eigenvalue weighted by atomic mass is 32.2. The number of ether oxygens (including phenoxy) is 2. The minimum Gasteiger partial charge on any atom is -0.491 e. The van der Waals surface area contributed by atoms with Crippen molar-refractivity contribution in [1.29, 1.82) is 0 Å². The number of nitrogens with two attached hydrogens (primary N) is 2. The summed E-state index contributed by atoms with van der Waals surface area (Å²) < 4.78 is 35.9. The van der Waals surface area contributed by atoms with E-state index >= 15 is 0 Å². The number of aromatic nitrogens is 2. The number of rotatable bonds is 8. The molecule has 0 aliphatic carbocycles. The molecule has 0 spiro atoms. The van der Waals surface area contributed by atoms with Gasteiger partial charge in [-0.15, -0.1) is 0 Å². The van der Waals surface area contributed by atoms with Crippen LogP contribution < -0.4 is 26.3 Å². The number of sulfone groups is 1. The van der Waals surface area contributed by atoms with Gasteiger partial charge in [-0.3, -0.25) is 20.0 Å². The first-order valence-corrected chi connectivity index (χ1v) is 12.8. The van der Waals surface area contributed by atoms with E-state index in [2.05, 4.69) is 25.3 Å². The molecule has 192 valence electrons. The number of aliphatic imine (C=N–C) groups is 2. The van der Waals surface area contributed by atoms with Gasteiger partial charge in [0.15, 0.2) is 21.3 Å². The second-order valence-corrected chi connectivity index (χ2v) is 11.4. The van der Waals surface area contributed by atoms with Crippen molar-refractivity contribution in [2.75, 3.05) is 38.3 Å². The van der Waals surface area contributed by atoms with Crippen molar-refractivity contribution < 1.29 is 22.7 Å². The van der Waals surface area contributed by atoms with E-state index in [0.717, 1.165) is 5.56 Å². The van der Waals surface area contributed by atoms with Crippen molar-refractivity contribution in [2.24, 2.45) is 15.7 Å². The lowest BCUT2D eigenvalue weighted by Gasteiger charge is -2.28. The van der Waals surface area contributed by atoms with E-state index in [1.165, 1.54) is 33.4 Å². The second-order valence-electron chi connectivity index (χ2n) is 8.69. The number of hydrogen-bond acceptors (Lipinski definition) is 12. The number of amides is 1. The average Bonchev–Trinajstić information content (AvgIpc) is 3.32. The standard InChI is InChI=1S/C22H28N8O5S/c1-22(2,24)36(32,33)10-4-9-35-15-6-5-14-16(17(15)34-3)28-21(30-8-7-25-18(14)30)29-19(31)13-11-26-20(23)27-12-13/h5-6,11-12H,4,7-10,24H2,1-3H3,(H2,23,26,27)(H,28,29,31). The van der Waals surface area contributed by atoms with E-state index < -0.39 is 20.6 Å². The Balaban J connectivity index is 1.58. The Morgan fingerprint density at radius 2 is 1.97 bits per heavy atom. The SMILES string of the molecule is COc1c(OCCCS(=O)(=O)C(C)(C)N)ccc2c1N=C(NC(=O)c1cnc(N)nc1)N1CCN=C21. The molecule has 5 N–H and O–H groups in total. The molecule has 0 saturated heterocycles. The highest BCUT2D eigenvalue weighted by Gasteiger charge is 2.33. The second kappa shape index (κ2) is 9.70. The molecule has 1 aromatic heterocycles. The van der Waals surface area contributed by atoms with Crippen molar-refractivity contribution in [2.45, 2.75) is 25.1 Å². The molecule has 0 unspecified atom stereocenters. The van der Waals surface area contributed by atoms with Crippen LogP contribution in [0.15, 0.2) is 34.5 Å². The fourth-order valence-electron chi connectivity index (χ4n) is 3.62. The van der Waals surface area contributed by atoms with Crippen molar-refractivity contribution in [3.8, 4) is 11.5 Å². The highest BCUT2D eigenvalue weighted by molar-refractivity contribution is 7.92. The molecule has 0 atom stereocenters. The van der Waals surface area contributed by atoms with Gasteiger partial charge in [-0.2, -0.15) is 0 Å². The van der Waals surface area contributed by atoms with Crippen molar-refractivity contribution in [3.05, 3.63) is 35.7 Å². The summed E-state index contributed by atoms with van der Waals surface area (Å²) in [4.78, 5) is 30.2. The molecule has 0 radical (unpaired) electrons. The van der Waals surface area contributed by atoms with E-state index in [1.807, 2.05) is 0 Å². The molecule has 36 heavy (non-hydrogen) atoms. The molecule has 1 aromatic carbocycles. The Morgan fingerprint density at radius 1 is 1.25 bits per heavy atom. The van der Waals surface area contributed by atoms with Crippen LogP contribution in [0.2, 0.25) is 0 Å². The predicted octanol–water partition coefficient (Wildman–Crippen LogP) is 0.439. The lowest BCUT2D eigenvalue weighted by Crippen LogP contribution is -2.47. The number of hydrogen-bond donors (Lipinski definition) is 3. The number of nitrogen functional groups attached to an aromatic ring is 1. The van der Waals surface area contributed by atoms with Crippen molar-refractivity contribution in [1.82, 2.24) is 20.2 Å². The molecular weight excluding hydrogens is 488 g/mol. The smallest absolute Gasteiger partial charge is 0.261 e. The van der Waals surface area contributed by atoms with Crippen LogP contribution in [0.25, 0.3) is 0 Å². The van der Waals surface area contributed by atoms with Gasteiger partial charge in [0.2, 0.25) is 11.9 Å². The Morgan fingerprint density at radius 3 is 2.64 bits per heavy atom. The third kappa shape index (κ3) is 4.95. The Hall–Kier alpha value is -3.78. The number of carbonyl (C=O) groups is 1. The largest absolute Gasteiger partial charge is 0.491 e. The first-order valence-electron chi connectivity index (χ1n) is 11.2. The molecule has 2 aliphatic heterocycles. The summed E-state index contributed by atoms with van der Waals surface area (Å²) in [5, 5.41) is 2.78. The molecule has 0 fully saturated rings. The first kappa shape index (κ1) is 25.3. The summed E-state index contributed by atoms with van der Waals surface area (Å²) in [6.45, 7) is 4.11. The van der Waals surface area contributed by atoms with E-state index in [9.17, 15) is 13.2 Å². The minimum absolute atomic E-state index is 0.0612. The maximum Gasteiger partial charge on any atom is 0.261 e. The minimum atomic E-state index is -3.47. The average molecular weight is 517 g/mol. The normalized spacial score (nSPS) is 14.9. The Bertz CT molecular complexity index is 1330. The van der Waals surface area contributed by atoms with Gasteiger partial charge in [0.05, 0.1) is 31.6 Å². The first-order chi connectivity index (χ1) is 17.0. The number of fused-ring (bicyclic) bond motifs is 3. The van der Waals surface area contributed by atoms with Crippen LogP contribution in [-0.4, -0.2) is 78.4 Å². The fraction of sp³-hybridized carbons (Fsp3) is 0.409. The third-order valence-corrected chi connectivity index (χ3v) is 8.06. The Labute approximate surface area is 208 Å². The molecule has 4 rings (SSSR count). The van der Waals surface area contributed by atoms with Crippen LogP contribution in [0, 0.1) is 0 Å². The molecule has 14 heteroatoms. The van der Waals surface area contributed by atoms with Crippen LogP contribution in [-0.2, 0) is 9.84 Å². The molecular formula is C22H28N8O5S. The maximum absolute atomic E-state index is 12.8. The van der Waals surface area contributed by atoms with Crippen LogP contribution in [0.3, 0.4) is 0 Å². The van der Waals surface area contributed by atoms with Crippen molar-refractivity contribution in [3.63, 3.8) is 0 Å². The van der Waals surface area contributed by atoms with Gasteiger partial charge in [0, 0.05) is 24.5 Å². The molecule has 3 heterocycles. The number of methoxy groups -OCH3 is 1. The predicted molar refractivity (Wildman–Crippen MR) is 134 cm³/mol. The number of amidine groups is 1. The van der Waals surface area contributed by atoms with Gasteiger partial charge in [0.25, 0.3) is 5.91 Å². The number of guanidine groups is 1. The van der Waals surface area contributed by atoms with E-state index in [4.69, 9.17) is 20.9 Å². The van der Waals surface area contributed by atoms with Crippen molar-refractivity contribution >= 4 is 39.2 Å². The number of anilines is 1. The summed E-state index contributed by atoms with van der Waals surface area (Å²) in [5.74, 6) is 1.13. The van der Waals surface area contributed by atoms with Crippen LogP contribution in [0.5, 0.6) is 11.5 Å². The number of benzene rings is 1. The lowest BCUT2D eigenvalue weighted by atomic mass is 10.1. The van der Waals surface area contributed by atoms with E-state index in [-0.39, 0.29) is 36.3 Å². The summed E-state index contributed by atoms with van der Waals surface area (Å²) in [6.07, 6.45) is 2.90. The number of carbonyl (C=O) groups excluding carboxylic acids is 1. The topological polar surface area (TPSA) is 187 Å². The summed E-state index contributed by atoms with van der Waals surface area (Å²) in [6, 6.07) is 3.53. The van der Waals surface area contributed by atoms with E-state index in [1.54, 1.807) is 17.0 Å². The zero-order valence-corrected chi connectivity index (χ0v) is 21.0. The summed E-state index contributed by atoms with van der Waals surface area (Å²) in [7, 11) is -1.99.